The van der Waals surface area contributed by atoms with E-state index >= 15 is 0 Å². The summed E-state index contributed by atoms with van der Waals surface area (Å²) >= 11 is 0. The van der Waals surface area contributed by atoms with Crippen molar-refractivity contribution in [2.24, 2.45) is 23.7 Å². The second-order valence-electron chi connectivity index (χ2n) is 8.08. The minimum Gasteiger partial charge on any atom is -0.314 e. The topological polar surface area (TPSA) is 15.3 Å². The molecule has 5 unspecified atom stereocenters. The lowest BCUT2D eigenvalue weighted by molar-refractivity contribution is 0.147. The monoisotopic (exact) mass is 292 g/mol. The van der Waals surface area contributed by atoms with Crippen LogP contribution in [0.3, 0.4) is 0 Å². The maximum atomic E-state index is 3.86. The molecule has 0 spiro atoms. The number of hydrogen-bond acceptors (Lipinski definition) is 2. The lowest BCUT2D eigenvalue weighted by Crippen LogP contribution is -2.45. The Bertz CT molecular complexity index is 305. The van der Waals surface area contributed by atoms with E-state index in [0.29, 0.717) is 0 Å². The molecule has 3 fully saturated rings. The standard InChI is InChI=1S/C19H36N2/c1-3-10-20-19-9-8-15(4-2)11-18(19)14-21-12-16-6-5-7-17(16)13-21/h15-20H,3-14H2,1-2H3. The van der Waals surface area contributed by atoms with E-state index in [1.54, 1.807) is 0 Å². The van der Waals surface area contributed by atoms with Crippen molar-refractivity contribution in [1.82, 2.24) is 10.2 Å². The lowest BCUT2D eigenvalue weighted by Gasteiger charge is -2.38. The summed E-state index contributed by atoms with van der Waals surface area (Å²) < 4.78 is 0. The van der Waals surface area contributed by atoms with E-state index in [4.69, 9.17) is 0 Å². The van der Waals surface area contributed by atoms with Crippen LogP contribution in [0.1, 0.15) is 65.2 Å². The number of nitrogens with zero attached hydrogens (tertiary/aromatic N) is 1. The van der Waals surface area contributed by atoms with Gasteiger partial charge in [-0.15, -0.1) is 0 Å². The van der Waals surface area contributed by atoms with Crippen LogP contribution >= 0.6 is 0 Å². The molecule has 2 heteroatoms. The molecule has 21 heavy (non-hydrogen) atoms. The van der Waals surface area contributed by atoms with Gasteiger partial charge in [-0.3, -0.25) is 0 Å². The highest BCUT2D eigenvalue weighted by atomic mass is 15.2. The first kappa shape index (κ1) is 15.8. The van der Waals surface area contributed by atoms with E-state index < -0.39 is 0 Å². The van der Waals surface area contributed by atoms with Crippen molar-refractivity contribution in [2.45, 2.75) is 71.3 Å². The van der Waals surface area contributed by atoms with Crippen LogP contribution in [0.25, 0.3) is 0 Å². The summed E-state index contributed by atoms with van der Waals surface area (Å²) in [5.41, 5.74) is 0. The van der Waals surface area contributed by atoms with Crippen molar-refractivity contribution in [2.75, 3.05) is 26.2 Å². The van der Waals surface area contributed by atoms with Gasteiger partial charge >= 0.3 is 0 Å². The Labute approximate surface area is 132 Å². The SMILES string of the molecule is CCCNC1CCC(CC)CC1CN1CC2CCCC2C1. The Balaban J connectivity index is 1.54. The molecule has 2 nitrogen and oxygen atoms in total. The molecule has 0 aromatic carbocycles. The minimum absolute atomic E-state index is 0.799. The Kier molecular flexibility index (Phi) is 5.61. The Hall–Kier alpha value is -0.0800. The highest BCUT2D eigenvalue weighted by molar-refractivity contribution is 4.92. The number of hydrogen-bond donors (Lipinski definition) is 1. The fraction of sp³-hybridized carbons (Fsp3) is 1.00. The van der Waals surface area contributed by atoms with Crippen molar-refractivity contribution in [3.63, 3.8) is 0 Å². The van der Waals surface area contributed by atoms with Crippen LogP contribution in [-0.2, 0) is 0 Å². The zero-order chi connectivity index (χ0) is 14.7. The van der Waals surface area contributed by atoms with E-state index in [-0.39, 0.29) is 0 Å². The van der Waals surface area contributed by atoms with Gasteiger partial charge in [-0.05, 0) is 68.7 Å². The van der Waals surface area contributed by atoms with E-state index in [1.165, 1.54) is 77.5 Å². The molecule has 0 bridgehead atoms. The van der Waals surface area contributed by atoms with Crippen LogP contribution in [-0.4, -0.2) is 37.1 Å². The van der Waals surface area contributed by atoms with Crippen molar-refractivity contribution < 1.29 is 0 Å². The predicted molar refractivity (Wildman–Crippen MR) is 90.5 cm³/mol. The molecule has 0 amide bonds. The second kappa shape index (κ2) is 7.46. The van der Waals surface area contributed by atoms with E-state index in [0.717, 1.165) is 29.7 Å². The van der Waals surface area contributed by atoms with Gasteiger partial charge in [0.05, 0.1) is 0 Å². The summed E-state index contributed by atoms with van der Waals surface area (Å²) in [5.74, 6) is 4.01. The molecular weight excluding hydrogens is 256 g/mol. The summed E-state index contributed by atoms with van der Waals surface area (Å²) in [6.45, 7) is 10.1. The van der Waals surface area contributed by atoms with Crippen LogP contribution in [0.4, 0.5) is 0 Å². The van der Waals surface area contributed by atoms with Gasteiger partial charge in [0.1, 0.15) is 0 Å². The fourth-order valence-corrected chi connectivity index (χ4v) is 5.35. The Morgan fingerprint density at radius 3 is 2.43 bits per heavy atom. The molecule has 3 rings (SSSR count). The van der Waals surface area contributed by atoms with Gasteiger partial charge < -0.3 is 10.2 Å². The average Bonchev–Trinajstić information content (AvgIpc) is 3.07. The molecule has 0 aromatic heterocycles. The second-order valence-corrected chi connectivity index (χ2v) is 8.08. The largest absolute Gasteiger partial charge is 0.314 e. The van der Waals surface area contributed by atoms with Crippen molar-refractivity contribution >= 4 is 0 Å². The molecule has 0 aromatic rings. The molecule has 3 aliphatic rings. The van der Waals surface area contributed by atoms with Crippen LogP contribution in [0, 0.1) is 23.7 Å². The average molecular weight is 293 g/mol. The Morgan fingerprint density at radius 1 is 1.00 bits per heavy atom. The minimum atomic E-state index is 0.799. The smallest absolute Gasteiger partial charge is 0.0108 e. The van der Waals surface area contributed by atoms with Crippen LogP contribution in [0.15, 0.2) is 0 Å². The molecule has 2 aliphatic carbocycles. The van der Waals surface area contributed by atoms with Crippen LogP contribution < -0.4 is 5.32 Å². The molecule has 0 radical (unpaired) electrons. The third-order valence-electron chi connectivity index (χ3n) is 6.62. The number of nitrogens with one attached hydrogen (secondary N) is 1. The summed E-state index contributed by atoms with van der Waals surface area (Å²) in [6.07, 6.45) is 11.6. The molecule has 1 aliphatic heterocycles. The summed E-state index contributed by atoms with van der Waals surface area (Å²) in [6, 6.07) is 0.799. The maximum absolute atomic E-state index is 3.86. The summed E-state index contributed by atoms with van der Waals surface area (Å²) in [7, 11) is 0. The Morgan fingerprint density at radius 2 is 1.76 bits per heavy atom. The maximum Gasteiger partial charge on any atom is 0.0108 e. The van der Waals surface area contributed by atoms with Gasteiger partial charge in [0, 0.05) is 25.7 Å². The first-order valence-electron chi connectivity index (χ1n) is 9.75. The molecule has 1 heterocycles. The normalized spacial score (nSPS) is 40.6. The molecular formula is C19H36N2. The zero-order valence-corrected chi connectivity index (χ0v) is 14.3. The van der Waals surface area contributed by atoms with Crippen LogP contribution in [0.2, 0.25) is 0 Å². The summed E-state index contributed by atoms with van der Waals surface area (Å²) in [4.78, 5) is 2.83. The molecule has 122 valence electrons. The first-order chi connectivity index (χ1) is 10.3. The first-order valence-corrected chi connectivity index (χ1v) is 9.75. The van der Waals surface area contributed by atoms with E-state index in [9.17, 15) is 0 Å². The quantitative estimate of drug-likeness (QED) is 0.798. The van der Waals surface area contributed by atoms with Gasteiger partial charge in [-0.25, -0.2) is 0 Å². The summed E-state index contributed by atoms with van der Waals surface area (Å²) in [5, 5.41) is 3.86. The molecule has 1 saturated heterocycles. The van der Waals surface area contributed by atoms with Gasteiger partial charge in [-0.2, -0.15) is 0 Å². The van der Waals surface area contributed by atoms with Crippen molar-refractivity contribution in [1.29, 1.82) is 0 Å². The zero-order valence-electron chi connectivity index (χ0n) is 14.3. The van der Waals surface area contributed by atoms with Crippen molar-refractivity contribution in [3.05, 3.63) is 0 Å². The van der Waals surface area contributed by atoms with E-state index in [2.05, 4.69) is 24.1 Å². The number of fused-ring (bicyclic) bond motifs is 1. The number of rotatable bonds is 6. The number of likely N-dealkylation sites (tertiary alicyclic amines) is 1. The molecule has 5 atom stereocenters. The lowest BCUT2D eigenvalue weighted by atomic mass is 9.76. The molecule has 2 saturated carbocycles. The molecule has 1 N–H and O–H groups in total. The van der Waals surface area contributed by atoms with E-state index in [1.807, 2.05) is 0 Å². The third-order valence-corrected chi connectivity index (χ3v) is 6.62. The van der Waals surface area contributed by atoms with Gasteiger partial charge in [-0.1, -0.05) is 26.7 Å². The van der Waals surface area contributed by atoms with Crippen LogP contribution in [0.5, 0.6) is 0 Å². The van der Waals surface area contributed by atoms with Gasteiger partial charge in [0.25, 0.3) is 0 Å². The van der Waals surface area contributed by atoms with Gasteiger partial charge in [0.2, 0.25) is 0 Å². The predicted octanol–water partition coefficient (Wildman–Crippen LogP) is 3.91. The van der Waals surface area contributed by atoms with Crippen molar-refractivity contribution in [3.8, 4) is 0 Å². The van der Waals surface area contributed by atoms with Gasteiger partial charge in [0.15, 0.2) is 0 Å². The highest BCUT2D eigenvalue weighted by Gasteiger charge is 2.38. The highest BCUT2D eigenvalue weighted by Crippen LogP contribution is 2.39. The fourth-order valence-electron chi connectivity index (χ4n) is 5.35. The third kappa shape index (κ3) is 3.82.